The first kappa shape index (κ1) is 13.5. The molecule has 0 amide bonds. The zero-order valence-electron chi connectivity index (χ0n) is 10.6. The van der Waals surface area contributed by atoms with Crippen molar-refractivity contribution in [2.75, 3.05) is 25.0 Å². The zero-order chi connectivity index (χ0) is 12.8. The summed E-state index contributed by atoms with van der Waals surface area (Å²) in [7, 11) is 1.67. The molecule has 0 saturated heterocycles. The minimum atomic E-state index is -0.821. The van der Waals surface area contributed by atoms with Crippen LogP contribution in [0.1, 0.15) is 12.5 Å². The Morgan fingerprint density at radius 3 is 2.71 bits per heavy atom. The van der Waals surface area contributed by atoms with Gasteiger partial charge in [0.15, 0.2) is 0 Å². The Morgan fingerprint density at radius 2 is 2.24 bits per heavy atom. The quantitative estimate of drug-likeness (QED) is 0.786. The highest BCUT2D eigenvalue weighted by Crippen LogP contribution is 2.15. The molecule has 1 aromatic rings. The Labute approximate surface area is 102 Å². The highest BCUT2D eigenvalue weighted by atomic mass is 16.4. The lowest BCUT2D eigenvalue weighted by molar-refractivity contribution is -0.139. The number of carboxylic acids is 1. The van der Waals surface area contributed by atoms with Crippen LogP contribution in [0.4, 0.5) is 5.69 Å². The second kappa shape index (κ2) is 6.25. The largest absolute Gasteiger partial charge is 0.480 e. The number of rotatable bonds is 6. The number of likely N-dealkylation sites (N-methyl/N-ethyl adjacent to an activating group) is 2. The van der Waals surface area contributed by atoms with Crippen molar-refractivity contribution in [3.05, 3.63) is 29.8 Å². The molecule has 2 N–H and O–H groups in total. The molecule has 17 heavy (non-hydrogen) atoms. The van der Waals surface area contributed by atoms with Crippen molar-refractivity contribution in [3.63, 3.8) is 0 Å². The van der Waals surface area contributed by atoms with Gasteiger partial charge in [0.25, 0.3) is 0 Å². The summed E-state index contributed by atoms with van der Waals surface area (Å²) < 4.78 is 0. The molecule has 4 nitrogen and oxygen atoms in total. The first-order valence-corrected chi connectivity index (χ1v) is 5.80. The molecule has 94 valence electrons. The molecule has 0 saturated carbocycles. The molecule has 1 atom stereocenters. The minimum absolute atomic E-state index is 0.464. The van der Waals surface area contributed by atoms with Gasteiger partial charge in [0, 0.05) is 18.8 Å². The van der Waals surface area contributed by atoms with E-state index in [1.54, 1.807) is 7.05 Å². The third-order valence-electron chi connectivity index (χ3n) is 2.80. The van der Waals surface area contributed by atoms with E-state index in [2.05, 4.69) is 16.3 Å². The molecule has 0 aromatic heterocycles. The molecule has 4 heteroatoms. The van der Waals surface area contributed by atoms with Crippen molar-refractivity contribution in [2.24, 2.45) is 0 Å². The zero-order valence-corrected chi connectivity index (χ0v) is 10.6. The Morgan fingerprint density at radius 1 is 1.53 bits per heavy atom. The Kier molecular flexibility index (Phi) is 4.97. The number of anilines is 1. The molecule has 0 aliphatic rings. The Bertz CT molecular complexity index is 379. The summed E-state index contributed by atoms with van der Waals surface area (Å²) in [5.74, 6) is -0.821. The number of hydrogen-bond donors (Lipinski definition) is 2. The number of carboxylic acid groups (broad SMARTS) is 1. The molecule has 0 spiro atoms. The van der Waals surface area contributed by atoms with Crippen LogP contribution < -0.4 is 10.2 Å². The molecule has 0 aliphatic heterocycles. The van der Waals surface area contributed by atoms with Crippen molar-refractivity contribution in [1.29, 1.82) is 0 Å². The van der Waals surface area contributed by atoms with Gasteiger partial charge < -0.3 is 15.3 Å². The summed E-state index contributed by atoms with van der Waals surface area (Å²) in [6, 6.07) is 7.55. The van der Waals surface area contributed by atoms with Gasteiger partial charge in [0.05, 0.1) is 0 Å². The van der Waals surface area contributed by atoms with E-state index >= 15 is 0 Å². The second-order valence-electron chi connectivity index (χ2n) is 4.06. The minimum Gasteiger partial charge on any atom is -0.480 e. The number of carbonyl (C=O) groups is 1. The highest BCUT2D eigenvalue weighted by Gasteiger charge is 2.18. The first-order valence-electron chi connectivity index (χ1n) is 5.80. The van der Waals surface area contributed by atoms with Crippen LogP contribution >= 0.6 is 0 Å². The lowest BCUT2D eigenvalue weighted by Crippen LogP contribution is -2.44. The first-order chi connectivity index (χ1) is 8.08. The third kappa shape index (κ3) is 3.75. The van der Waals surface area contributed by atoms with E-state index in [0.29, 0.717) is 6.54 Å². The van der Waals surface area contributed by atoms with Crippen molar-refractivity contribution in [2.45, 2.75) is 19.9 Å². The second-order valence-corrected chi connectivity index (χ2v) is 4.06. The van der Waals surface area contributed by atoms with E-state index in [9.17, 15) is 4.79 Å². The van der Waals surface area contributed by atoms with Crippen LogP contribution in [-0.2, 0) is 4.79 Å². The SMILES string of the molecule is CCN(CC(NC)C(=O)O)c1cccc(C)c1. The van der Waals surface area contributed by atoms with E-state index < -0.39 is 12.0 Å². The average molecular weight is 236 g/mol. The van der Waals surface area contributed by atoms with E-state index in [0.717, 1.165) is 12.2 Å². The van der Waals surface area contributed by atoms with E-state index in [1.165, 1.54) is 5.56 Å². The summed E-state index contributed by atoms with van der Waals surface area (Å²) in [5.41, 5.74) is 2.24. The van der Waals surface area contributed by atoms with Crippen LogP contribution in [0.15, 0.2) is 24.3 Å². The van der Waals surface area contributed by atoms with E-state index in [4.69, 9.17) is 5.11 Å². The van der Waals surface area contributed by atoms with Crippen molar-refractivity contribution >= 4 is 11.7 Å². The molecule has 1 unspecified atom stereocenters. The number of aliphatic carboxylic acids is 1. The number of nitrogens with zero attached hydrogens (tertiary/aromatic N) is 1. The smallest absolute Gasteiger partial charge is 0.322 e. The van der Waals surface area contributed by atoms with Gasteiger partial charge in [0.1, 0.15) is 6.04 Å². The number of nitrogens with one attached hydrogen (secondary N) is 1. The van der Waals surface area contributed by atoms with Gasteiger partial charge in [-0.15, -0.1) is 0 Å². The van der Waals surface area contributed by atoms with Crippen molar-refractivity contribution in [1.82, 2.24) is 5.32 Å². The molecular formula is C13H20N2O2. The molecule has 0 heterocycles. The normalized spacial score (nSPS) is 12.2. The average Bonchev–Trinajstić information content (AvgIpc) is 2.30. The van der Waals surface area contributed by atoms with Gasteiger partial charge in [-0.2, -0.15) is 0 Å². The summed E-state index contributed by atoms with van der Waals surface area (Å²) in [5, 5.41) is 11.8. The van der Waals surface area contributed by atoms with Crippen molar-refractivity contribution in [3.8, 4) is 0 Å². The van der Waals surface area contributed by atoms with Gasteiger partial charge in [0.2, 0.25) is 0 Å². The molecule has 0 fully saturated rings. The monoisotopic (exact) mass is 236 g/mol. The van der Waals surface area contributed by atoms with Crippen LogP contribution in [0.25, 0.3) is 0 Å². The molecule has 1 aromatic carbocycles. The molecule has 0 radical (unpaired) electrons. The Balaban J connectivity index is 2.81. The maximum absolute atomic E-state index is 11.0. The number of benzene rings is 1. The maximum Gasteiger partial charge on any atom is 0.322 e. The predicted octanol–water partition coefficient (Wildman–Crippen LogP) is 1.49. The maximum atomic E-state index is 11.0. The van der Waals surface area contributed by atoms with E-state index in [1.807, 2.05) is 32.0 Å². The van der Waals surface area contributed by atoms with Gasteiger partial charge >= 0.3 is 5.97 Å². The van der Waals surface area contributed by atoms with Crippen LogP contribution in [-0.4, -0.2) is 37.3 Å². The van der Waals surface area contributed by atoms with Crippen LogP contribution in [0.3, 0.4) is 0 Å². The van der Waals surface area contributed by atoms with Gasteiger partial charge in [-0.25, -0.2) is 0 Å². The summed E-state index contributed by atoms with van der Waals surface area (Å²) in [6.07, 6.45) is 0. The van der Waals surface area contributed by atoms with Crippen LogP contribution in [0, 0.1) is 6.92 Å². The van der Waals surface area contributed by atoms with E-state index in [-0.39, 0.29) is 0 Å². The van der Waals surface area contributed by atoms with Crippen LogP contribution in [0.2, 0.25) is 0 Å². The molecule has 0 bridgehead atoms. The Hall–Kier alpha value is -1.55. The highest BCUT2D eigenvalue weighted by molar-refractivity contribution is 5.74. The molecule has 0 aliphatic carbocycles. The van der Waals surface area contributed by atoms with Gasteiger partial charge in [-0.05, 0) is 38.6 Å². The predicted molar refractivity (Wildman–Crippen MR) is 69.5 cm³/mol. The third-order valence-corrected chi connectivity index (χ3v) is 2.80. The molecule has 1 rings (SSSR count). The van der Waals surface area contributed by atoms with Gasteiger partial charge in [-0.3, -0.25) is 4.79 Å². The summed E-state index contributed by atoms with van der Waals surface area (Å²) in [4.78, 5) is 13.0. The summed E-state index contributed by atoms with van der Waals surface area (Å²) in [6.45, 7) is 5.31. The van der Waals surface area contributed by atoms with Crippen LogP contribution in [0.5, 0.6) is 0 Å². The number of aryl methyl sites for hydroxylation is 1. The van der Waals surface area contributed by atoms with Gasteiger partial charge in [-0.1, -0.05) is 12.1 Å². The standard InChI is InChI=1S/C13H20N2O2/c1-4-15(9-12(14-3)13(16)17)11-7-5-6-10(2)8-11/h5-8,12,14H,4,9H2,1-3H3,(H,16,17). The number of hydrogen-bond acceptors (Lipinski definition) is 3. The molecular weight excluding hydrogens is 216 g/mol. The topological polar surface area (TPSA) is 52.6 Å². The lowest BCUT2D eigenvalue weighted by atomic mass is 10.2. The lowest BCUT2D eigenvalue weighted by Gasteiger charge is -2.26. The fourth-order valence-electron chi connectivity index (χ4n) is 1.75. The fourth-order valence-corrected chi connectivity index (χ4v) is 1.75. The summed E-state index contributed by atoms with van der Waals surface area (Å²) >= 11 is 0. The fraction of sp³-hybridized carbons (Fsp3) is 0.462. The van der Waals surface area contributed by atoms with Crippen molar-refractivity contribution < 1.29 is 9.90 Å².